The fourth-order valence-electron chi connectivity index (χ4n) is 3.75. The maximum Gasteiger partial charge on any atom is 0.145 e. The van der Waals surface area contributed by atoms with E-state index in [0.717, 1.165) is 39.3 Å². The van der Waals surface area contributed by atoms with Gasteiger partial charge in [-0.2, -0.15) is 0 Å². The summed E-state index contributed by atoms with van der Waals surface area (Å²) in [6.07, 6.45) is 0. The van der Waals surface area contributed by atoms with E-state index >= 15 is 0 Å². The van der Waals surface area contributed by atoms with Crippen molar-refractivity contribution in [2.75, 3.05) is 20.8 Å². The van der Waals surface area contributed by atoms with Crippen LogP contribution in [0.25, 0.3) is 11.1 Å². The van der Waals surface area contributed by atoms with E-state index in [1.165, 1.54) is 0 Å². The monoisotopic (exact) mass is 409 g/mol. The van der Waals surface area contributed by atoms with Crippen LogP contribution in [0, 0.1) is 13.0 Å². The minimum absolute atomic E-state index is 0.0838. The van der Waals surface area contributed by atoms with Gasteiger partial charge < -0.3 is 14.2 Å². The molecule has 0 aromatic heterocycles. The molecular formula is C25H26ClO3. The Morgan fingerprint density at radius 2 is 1.76 bits per heavy atom. The number of ether oxygens (including phenoxy) is 3. The van der Waals surface area contributed by atoms with Gasteiger partial charge in [0.05, 0.1) is 25.8 Å². The molecule has 0 heterocycles. The smallest absolute Gasteiger partial charge is 0.145 e. The van der Waals surface area contributed by atoms with Gasteiger partial charge in [-0.25, -0.2) is 0 Å². The summed E-state index contributed by atoms with van der Waals surface area (Å²) in [5, 5.41) is 0.593. The van der Waals surface area contributed by atoms with Crippen LogP contribution in [0.5, 0.6) is 17.2 Å². The molecular weight excluding hydrogens is 384 g/mol. The highest BCUT2D eigenvalue weighted by molar-refractivity contribution is 6.33. The first-order valence-electron chi connectivity index (χ1n) is 9.67. The second-order valence-corrected chi connectivity index (χ2v) is 7.16. The van der Waals surface area contributed by atoms with Crippen LogP contribution in [-0.2, 0) is 0 Å². The topological polar surface area (TPSA) is 27.7 Å². The van der Waals surface area contributed by atoms with Crippen molar-refractivity contribution in [1.29, 1.82) is 0 Å². The highest BCUT2D eigenvalue weighted by Crippen LogP contribution is 2.51. The lowest BCUT2D eigenvalue weighted by Gasteiger charge is -2.26. The highest BCUT2D eigenvalue weighted by atomic mass is 35.5. The summed E-state index contributed by atoms with van der Waals surface area (Å²) >= 11 is 6.81. The van der Waals surface area contributed by atoms with Crippen LogP contribution in [0.2, 0.25) is 5.02 Å². The van der Waals surface area contributed by atoms with E-state index in [4.69, 9.17) is 25.8 Å². The summed E-state index contributed by atoms with van der Waals surface area (Å²) in [6.45, 7) is 6.62. The zero-order valence-corrected chi connectivity index (χ0v) is 18.3. The molecule has 0 saturated heterocycles. The molecule has 3 aromatic rings. The van der Waals surface area contributed by atoms with Crippen molar-refractivity contribution < 1.29 is 14.2 Å². The first-order chi connectivity index (χ1) is 14.0. The first-order valence-corrected chi connectivity index (χ1v) is 10.0. The van der Waals surface area contributed by atoms with E-state index in [-0.39, 0.29) is 5.92 Å². The summed E-state index contributed by atoms with van der Waals surface area (Å²) < 4.78 is 17.6. The van der Waals surface area contributed by atoms with Gasteiger partial charge in [0.25, 0.3) is 0 Å². The third-order valence-electron chi connectivity index (χ3n) is 5.15. The quantitative estimate of drug-likeness (QED) is 0.435. The maximum absolute atomic E-state index is 6.81. The standard InChI is InChI=1S/C25H26ClO3/c1-6-29-24-21(18-12-8-7-9-13-18)17(3)23(26)25(28-5)22(24)16(2)19-14-10-11-15-20(19)27-4/h7-9,11-16H,6H2,1-5H3. The lowest BCUT2D eigenvalue weighted by atomic mass is 9.86. The maximum atomic E-state index is 6.81. The number of benzene rings is 3. The second-order valence-electron chi connectivity index (χ2n) is 6.78. The van der Waals surface area contributed by atoms with E-state index in [0.29, 0.717) is 17.4 Å². The van der Waals surface area contributed by atoms with Crippen molar-refractivity contribution in [3.8, 4) is 28.4 Å². The van der Waals surface area contributed by atoms with Crippen molar-refractivity contribution in [1.82, 2.24) is 0 Å². The molecule has 0 amide bonds. The molecule has 4 heteroatoms. The van der Waals surface area contributed by atoms with Crippen LogP contribution < -0.4 is 14.2 Å². The second kappa shape index (κ2) is 9.23. The lowest BCUT2D eigenvalue weighted by Crippen LogP contribution is -2.09. The molecule has 3 nitrogen and oxygen atoms in total. The minimum Gasteiger partial charge on any atom is -0.496 e. The molecule has 1 atom stereocenters. The van der Waals surface area contributed by atoms with Crippen LogP contribution in [0.1, 0.15) is 36.5 Å². The van der Waals surface area contributed by atoms with Gasteiger partial charge in [0.1, 0.15) is 17.2 Å². The molecule has 0 aliphatic rings. The first kappa shape index (κ1) is 21.1. The van der Waals surface area contributed by atoms with Crippen molar-refractivity contribution in [3.63, 3.8) is 0 Å². The van der Waals surface area contributed by atoms with E-state index < -0.39 is 0 Å². The average molecular weight is 410 g/mol. The third-order valence-corrected chi connectivity index (χ3v) is 5.60. The van der Waals surface area contributed by atoms with E-state index in [1.54, 1.807) is 14.2 Å². The molecule has 0 spiro atoms. The SMILES string of the molecule is CCOc1c(-c2ccccc2)c(C)c(Cl)c(OC)c1C(C)c1c[c]ccc1OC. The number of hydrogen-bond acceptors (Lipinski definition) is 3. The molecule has 0 N–H and O–H groups in total. The van der Waals surface area contributed by atoms with Crippen molar-refractivity contribution in [2.24, 2.45) is 0 Å². The summed E-state index contributed by atoms with van der Waals surface area (Å²) in [6, 6.07) is 19.0. The van der Waals surface area contributed by atoms with Gasteiger partial charge in [0, 0.05) is 22.6 Å². The Balaban J connectivity index is 2.37. The fourth-order valence-corrected chi connectivity index (χ4v) is 4.03. The van der Waals surface area contributed by atoms with Crippen LogP contribution in [0.3, 0.4) is 0 Å². The number of hydrogen-bond donors (Lipinski definition) is 0. The molecule has 0 aliphatic carbocycles. The fraction of sp³-hybridized carbons (Fsp3) is 0.280. The van der Waals surface area contributed by atoms with Crippen LogP contribution in [0.4, 0.5) is 0 Å². The van der Waals surface area contributed by atoms with Gasteiger partial charge in [-0.1, -0.05) is 54.9 Å². The van der Waals surface area contributed by atoms with Gasteiger partial charge in [-0.05, 0) is 43.2 Å². The zero-order chi connectivity index (χ0) is 21.0. The molecule has 0 fully saturated rings. The van der Waals surface area contributed by atoms with Gasteiger partial charge >= 0.3 is 0 Å². The number of rotatable bonds is 7. The number of halogens is 1. The average Bonchev–Trinajstić information content (AvgIpc) is 2.76. The Morgan fingerprint density at radius 1 is 1.03 bits per heavy atom. The van der Waals surface area contributed by atoms with Crippen molar-refractivity contribution in [3.05, 3.63) is 76.3 Å². The Labute approximate surface area is 178 Å². The van der Waals surface area contributed by atoms with E-state index in [2.05, 4.69) is 25.1 Å². The molecule has 1 radical (unpaired) electrons. The van der Waals surface area contributed by atoms with Crippen molar-refractivity contribution in [2.45, 2.75) is 26.7 Å². The largest absolute Gasteiger partial charge is 0.496 e. The van der Waals surface area contributed by atoms with Gasteiger partial charge in [0.15, 0.2) is 0 Å². The third kappa shape index (κ3) is 3.92. The molecule has 151 valence electrons. The Hall–Kier alpha value is -2.65. The van der Waals surface area contributed by atoms with Crippen molar-refractivity contribution >= 4 is 11.6 Å². The molecule has 3 rings (SSSR count). The zero-order valence-electron chi connectivity index (χ0n) is 17.5. The van der Waals surface area contributed by atoms with Crippen LogP contribution in [-0.4, -0.2) is 20.8 Å². The van der Waals surface area contributed by atoms with E-state index in [1.807, 2.05) is 50.2 Å². The molecule has 0 saturated carbocycles. The Kier molecular flexibility index (Phi) is 6.71. The normalized spacial score (nSPS) is 11.8. The van der Waals surface area contributed by atoms with Gasteiger partial charge in [-0.15, -0.1) is 0 Å². The summed E-state index contributed by atoms with van der Waals surface area (Å²) in [7, 11) is 3.31. The minimum atomic E-state index is -0.0838. The summed E-state index contributed by atoms with van der Waals surface area (Å²) in [4.78, 5) is 0. The van der Waals surface area contributed by atoms with Gasteiger partial charge in [0.2, 0.25) is 0 Å². The molecule has 1 unspecified atom stereocenters. The lowest BCUT2D eigenvalue weighted by molar-refractivity contribution is 0.330. The predicted octanol–water partition coefficient (Wildman–Crippen LogP) is 6.68. The van der Waals surface area contributed by atoms with Crippen LogP contribution >= 0.6 is 11.6 Å². The molecule has 0 bridgehead atoms. The number of methoxy groups -OCH3 is 2. The van der Waals surface area contributed by atoms with Gasteiger partial charge in [-0.3, -0.25) is 0 Å². The van der Waals surface area contributed by atoms with E-state index in [9.17, 15) is 0 Å². The Bertz CT molecular complexity index is 983. The molecule has 3 aromatic carbocycles. The summed E-state index contributed by atoms with van der Waals surface area (Å²) in [5.41, 5.74) is 4.87. The van der Waals surface area contributed by atoms with Crippen LogP contribution in [0.15, 0.2) is 48.5 Å². The molecule has 29 heavy (non-hydrogen) atoms. The highest BCUT2D eigenvalue weighted by Gasteiger charge is 2.29. The Morgan fingerprint density at radius 3 is 2.38 bits per heavy atom. The summed E-state index contributed by atoms with van der Waals surface area (Å²) in [5.74, 6) is 2.12. The molecule has 0 aliphatic heterocycles. The predicted molar refractivity (Wildman–Crippen MR) is 119 cm³/mol.